The van der Waals surface area contributed by atoms with E-state index in [4.69, 9.17) is 18.9 Å². The van der Waals surface area contributed by atoms with E-state index in [0.717, 1.165) is 77.0 Å². The first-order valence-corrected chi connectivity index (χ1v) is 16.0. The van der Waals surface area contributed by atoms with Crippen LogP contribution in [0.1, 0.15) is 116 Å². The predicted octanol–water partition coefficient (Wildman–Crippen LogP) is 6.74. The van der Waals surface area contributed by atoms with E-state index in [9.17, 15) is 19.2 Å². The van der Waals surface area contributed by atoms with Crippen LogP contribution in [-0.4, -0.2) is 50.3 Å². The summed E-state index contributed by atoms with van der Waals surface area (Å²) in [5.74, 6) is -4.71. The summed E-state index contributed by atoms with van der Waals surface area (Å²) in [5, 5.41) is 0. The summed E-state index contributed by atoms with van der Waals surface area (Å²) in [6.45, 7) is 9.23. The lowest BCUT2D eigenvalue weighted by Crippen LogP contribution is -2.31. The van der Waals surface area contributed by atoms with Crippen molar-refractivity contribution in [2.75, 3.05) is 26.4 Å². The molecule has 237 valence electrons. The summed E-state index contributed by atoms with van der Waals surface area (Å²) in [6.07, 6.45) is 10.7. The topological polar surface area (TPSA) is 105 Å². The van der Waals surface area contributed by atoms with Gasteiger partial charge in [-0.2, -0.15) is 0 Å². The molecule has 42 heavy (non-hydrogen) atoms. The number of hydrogen-bond donors (Lipinski definition) is 0. The number of hydrogen-bond acceptors (Lipinski definition) is 8. The second kappa shape index (κ2) is 23.6. The maximum Gasteiger partial charge on any atom is 0.320 e. The van der Waals surface area contributed by atoms with E-state index < -0.39 is 35.7 Å². The summed E-state index contributed by atoms with van der Waals surface area (Å²) in [7, 11) is 0. The molecule has 8 nitrogen and oxygen atoms in total. The van der Waals surface area contributed by atoms with Gasteiger partial charge >= 0.3 is 23.9 Å². The Bertz CT molecular complexity index is 795. The van der Waals surface area contributed by atoms with Gasteiger partial charge < -0.3 is 18.9 Å². The highest BCUT2D eigenvalue weighted by molar-refractivity contribution is 5.96. The van der Waals surface area contributed by atoms with Crippen LogP contribution in [0.4, 0.5) is 0 Å². The summed E-state index contributed by atoms with van der Waals surface area (Å²) in [4.78, 5) is 51.7. The van der Waals surface area contributed by atoms with Crippen molar-refractivity contribution in [3.8, 4) is 0 Å². The van der Waals surface area contributed by atoms with Gasteiger partial charge in [0.25, 0.3) is 0 Å². The molecule has 1 aromatic carbocycles. The molecule has 0 atom stereocenters. The molecule has 0 aliphatic heterocycles. The van der Waals surface area contributed by atoms with E-state index in [1.165, 1.54) is 0 Å². The minimum atomic E-state index is -1.12. The lowest BCUT2D eigenvalue weighted by atomic mass is 9.94. The molecule has 0 heterocycles. The molecular weight excluding hydrogens is 536 g/mol. The van der Waals surface area contributed by atoms with Gasteiger partial charge in [-0.05, 0) is 55.7 Å². The Morgan fingerprint density at radius 1 is 0.524 bits per heavy atom. The zero-order valence-corrected chi connectivity index (χ0v) is 26.4. The van der Waals surface area contributed by atoms with Gasteiger partial charge in [0.1, 0.15) is 0 Å². The summed E-state index contributed by atoms with van der Waals surface area (Å²) >= 11 is 0. The van der Waals surface area contributed by atoms with Crippen molar-refractivity contribution in [2.45, 2.75) is 118 Å². The normalized spacial score (nSPS) is 11.0. The second-order valence-electron chi connectivity index (χ2n) is 10.7. The third-order valence-electron chi connectivity index (χ3n) is 6.87. The van der Waals surface area contributed by atoms with Crippen molar-refractivity contribution in [1.29, 1.82) is 0 Å². The van der Waals surface area contributed by atoms with Gasteiger partial charge in [0.2, 0.25) is 0 Å². The molecule has 0 aliphatic rings. The Balaban J connectivity index is 3.03. The number of benzene rings is 1. The number of carbonyl (C=O) groups is 4. The molecule has 1 aromatic rings. The fourth-order valence-corrected chi connectivity index (χ4v) is 4.28. The van der Waals surface area contributed by atoms with E-state index in [1.807, 2.05) is 0 Å². The molecule has 8 heteroatoms. The van der Waals surface area contributed by atoms with Gasteiger partial charge in [-0.15, -0.1) is 0 Å². The fraction of sp³-hybridized carbons (Fsp3) is 0.706. The SMILES string of the molecule is CCCCCOC(=O)C(Cc1[c]c(CC(C(=O)OCCCCC)C(=O)OCCCCC)ccc1)C(=O)OCCCCC. The Labute approximate surface area is 253 Å². The molecule has 0 spiro atoms. The third kappa shape index (κ3) is 15.9. The molecule has 0 aliphatic carbocycles. The molecule has 0 aromatic heterocycles. The van der Waals surface area contributed by atoms with Crippen molar-refractivity contribution in [3.63, 3.8) is 0 Å². The zero-order valence-electron chi connectivity index (χ0n) is 26.4. The molecule has 0 saturated heterocycles. The number of ether oxygens (including phenoxy) is 4. The molecule has 1 rings (SSSR count). The molecular formula is C34H53O8. The number of esters is 4. The number of carbonyl (C=O) groups excluding carboxylic acids is 4. The van der Waals surface area contributed by atoms with Crippen molar-refractivity contribution < 1.29 is 38.1 Å². The van der Waals surface area contributed by atoms with Gasteiger partial charge in [-0.1, -0.05) is 97.3 Å². The van der Waals surface area contributed by atoms with Gasteiger partial charge in [-0.3, -0.25) is 19.2 Å². The Morgan fingerprint density at radius 3 is 1.07 bits per heavy atom. The van der Waals surface area contributed by atoms with Gasteiger partial charge in [-0.25, -0.2) is 0 Å². The van der Waals surface area contributed by atoms with E-state index in [0.29, 0.717) is 11.1 Å². The maximum absolute atomic E-state index is 12.9. The quantitative estimate of drug-likeness (QED) is 0.0565. The average molecular weight is 590 g/mol. The van der Waals surface area contributed by atoms with E-state index in [2.05, 4.69) is 33.8 Å². The molecule has 0 fully saturated rings. The summed E-state index contributed by atoms with van der Waals surface area (Å²) < 4.78 is 21.7. The van der Waals surface area contributed by atoms with Crippen molar-refractivity contribution in [3.05, 3.63) is 35.4 Å². The van der Waals surface area contributed by atoms with Crippen molar-refractivity contribution in [2.24, 2.45) is 11.8 Å². The zero-order chi connectivity index (χ0) is 31.0. The van der Waals surface area contributed by atoms with Crippen molar-refractivity contribution >= 4 is 23.9 Å². The highest BCUT2D eigenvalue weighted by Gasteiger charge is 2.32. The molecule has 0 bridgehead atoms. The molecule has 0 amide bonds. The second-order valence-corrected chi connectivity index (χ2v) is 10.7. The Morgan fingerprint density at radius 2 is 0.810 bits per heavy atom. The van der Waals surface area contributed by atoms with Crippen LogP contribution in [0.5, 0.6) is 0 Å². The minimum Gasteiger partial charge on any atom is -0.465 e. The Kier molecular flexibility index (Phi) is 20.9. The molecule has 1 radical (unpaired) electrons. The third-order valence-corrected chi connectivity index (χ3v) is 6.87. The van der Waals surface area contributed by atoms with E-state index in [1.54, 1.807) is 18.2 Å². The van der Waals surface area contributed by atoms with Crippen LogP contribution in [-0.2, 0) is 51.0 Å². The van der Waals surface area contributed by atoms with Crippen LogP contribution in [0.2, 0.25) is 0 Å². The summed E-state index contributed by atoms with van der Waals surface area (Å²) in [6, 6.07) is 8.47. The maximum atomic E-state index is 12.9. The van der Waals surface area contributed by atoms with Crippen LogP contribution in [0, 0.1) is 17.9 Å². The predicted molar refractivity (Wildman–Crippen MR) is 162 cm³/mol. The van der Waals surface area contributed by atoms with Gasteiger partial charge in [0, 0.05) is 0 Å². The van der Waals surface area contributed by atoms with Crippen LogP contribution >= 0.6 is 0 Å². The highest BCUT2D eigenvalue weighted by Crippen LogP contribution is 2.19. The lowest BCUT2D eigenvalue weighted by Gasteiger charge is -2.17. The minimum absolute atomic E-state index is 0.0423. The standard InChI is InChI=1S/C34H53O8/c1-5-9-13-20-39-31(35)29(32(36)40-21-14-10-6-2)25-27-18-17-19-28(24-27)26-30(33(37)41-22-15-11-7-3)34(38)42-23-16-12-8-4/h17-19,29-30H,5-16,20-23,25-26H2,1-4H3. The van der Waals surface area contributed by atoms with Crippen LogP contribution in [0.3, 0.4) is 0 Å². The van der Waals surface area contributed by atoms with E-state index >= 15 is 0 Å². The summed E-state index contributed by atoms with van der Waals surface area (Å²) in [5.41, 5.74) is 1.17. The molecule has 0 N–H and O–H groups in total. The molecule has 0 saturated carbocycles. The highest BCUT2D eigenvalue weighted by atomic mass is 16.6. The smallest absolute Gasteiger partial charge is 0.320 e. The largest absolute Gasteiger partial charge is 0.465 e. The Hall–Kier alpha value is -2.90. The van der Waals surface area contributed by atoms with Crippen molar-refractivity contribution in [1.82, 2.24) is 0 Å². The van der Waals surface area contributed by atoms with Crippen LogP contribution in [0.15, 0.2) is 18.2 Å². The fourth-order valence-electron chi connectivity index (χ4n) is 4.28. The van der Waals surface area contributed by atoms with Gasteiger partial charge in [0.05, 0.1) is 26.4 Å². The first-order valence-electron chi connectivity index (χ1n) is 16.0. The monoisotopic (exact) mass is 589 g/mol. The van der Waals surface area contributed by atoms with Gasteiger partial charge in [0.15, 0.2) is 11.8 Å². The first kappa shape index (κ1) is 37.1. The average Bonchev–Trinajstić information content (AvgIpc) is 2.99. The van der Waals surface area contributed by atoms with Crippen LogP contribution in [0.25, 0.3) is 0 Å². The lowest BCUT2D eigenvalue weighted by molar-refractivity contribution is -0.164. The number of rotatable bonds is 24. The number of unbranched alkanes of at least 4 members (excludes halogenated alkanes) is 8. The first-order chi connectivity index (χ1) is 20.4. The van der Waals surface area contributed by atoms with Crippen LogP contribution < -0.4 is 0 Å². The van der Waals surface area contributed by atoms with E-state index in [-0.39, 0.29) is 39.3 Å². The molecule has 0 unspecified atom stereocenters.